The van der Waals surface area contributed by atoms with Crippen LogP contribution in [0.25, 0.3) is 11.2 Å². The normalized spacial score (nSPS) is 24.7. The summed E-state index contributed by atoms with van der Waals surface area (Å²) in [7, 11) is 0. The number of hydrogen-bond acceptors (Lipinski definition) is 7. The summed E-state index contributed by atoms with van der Waals surface area (Å²) in [6.45, 7) is 6.84. The molecule has 168 valence electrons. The van der Waals surface area contributed by atoms with Gasteiger partial charge in [0.2, 0.25) is 0 Å². The minimum Gasteiger partial charge on any atom is -0.388 e. The summed E-state index contributed by atoms with van der Waals surface area (Å²) >= 11 is 1.52. The minimum absolute atomic E-state index is 0.220. The van der Waals surface area contributed by atoms with Crippen molar-refractivity contribution in [2.24, 2.45) is 0 Å². The maximum absolute atomic E-state index is 12.4. The van der Waals surface area contributed by atoms with Crippen LogP contribution in [0.2, 0.25) is 0 Å². The van der Waals surface area contributed by atoms with E-state index >= 15 is 0 Å². The van der Waals surface area contributed by atoms with Gasteiger partial charge in [0.1, 0.15) is 18.0 Å². The molecule has 0 radical (unpaired) electrons. The third-order valence-electron chi connectivity index (χ3n) is 5.23. The predicted molar refractivity (Wildman–Crippen MR) is 124 cm³/mol. The molecule has 0 bridgehead atoms. The van der Waals surface area contributed by atoms with Gasteiger partial charge in [-0.2, -0.15) is 0 Å². The number of nitrogens with one attached hydrogen (secondary N) is 1. The molecule has 0 aliphatic carbocycles. The van der Waals surface area contributed by atoms with Crippen molar-refractivity contribution in [2.45, 2.75) is 69.2 Å². The zero-order chi connectivity index (χ0) is 22.1. The topological polar surface area (TPSA) is 113 Å². The standard InChI is InChI=1S/C20H33N4O4PS/c1-6-7-8-11-30-20-23-14-17(21-12(2)22-18(14)27)24(20)19-16(26)15(25)13(28-19)9-10-29(3,4)5/h13,15-16,19,25-26H,3,6-11H2,1-2,4-5H3,(H,21,22,27)/t13-,15-,16-,19?/m1/s1. The van der Waals surface area contributed by atoms with E-state index in [0.717, 1.165) is 31.2 Å². The van der Waals surface area contributed by atoms with E-state index in [9.17, 15) is 15.0 Å². The fraction of sp³-hybridized carbons (Fsp3) is 0.700. The van der Waals surface area contributed by atoms with Gasteiger partial charge < -0.3 is 19.9 Å². The van der Waals surface area contributed by atoms with Gasteiger partial charge in [-0.15, -0.1) is 13.2 Å². The van der Waals surface area contributed by atoms with Gasteiger partial charge >= 0.3 is 0 Å². The number of nitrogens with zero attached hydrogens (tertiary/aromatic N) is 3. The van der Waals surface area contributed by atoms with Gasteiger partial charge in [-0.1, -0.05) is 31.5 Å². The van der Waals surface area contributed by atoms with Crippen LogP contribution in [0, 0.1) is 6.92 Å². The molecular weight excluding hydrogens is 423 g/mol. The van der Waals surface area contributed by atoms with E-state index < -0.39 is 31.4 Å². The Kier molecular flexibility index (Phi) is 7.51. The number of aromatic nitrogens is 4. The van der Waals surface area contributed by atoms with E-state index in [0.29, 0.717) is 23.0 Å². The third-order valence-corrected chi connectivity index (χ3v) is 7.73. The summed E-state index contributed by atoms with van der Waals surface area (Å²) in [5.41, 5.74) is 0.271. The smallest absolute Gasteiger partial charge is 0.279 e. The van der Waals surface area contributed by atoms with Crippen LogP contribution in [0.4, 0.5) is 0 Å². The minimum atomic E-state index is -1.28. The number of rotatable bonds is 9. The van der Waals surface area contributed by atoms with E-state index in [-0.39, 0.29) is 11.1 Å². The highest BCUT2D eigenvalue weighted by Gasteiger charge is 2.45. The van der Waals surface area contributed by atoms with Crippen LogP contribution in [-0.4, -0.2) is 79.6 Å². The van der Waals surface area contributed by atoms with E-state index in [1.165, 1.54) is 11.8 Å². The van der Waals surface area contributed by atoms with Crippen molar-refractivity contribution in [1.29, 1.82) is 0 Å². The Morgan fingerprint density at radius 3 is 2.67 bits per heavy atom. The van der Waals surface area contributed by atoms with Gasteiger partial charge in [0.05, 0.1) is 6.10 Å². The molecule has 1 fully saturated rings. The van der Waals surface area contributed by atoms with Crippen molar-refractivity contribution in [3.63, 3.8) is 0 Å². The molecule has 4 atom stereocenters. The molecule has 1 unspecified atom stereocenters. The van der Waals surface area contributed by atoms with Gasteiger partial charge in [-0.3, -0.25) is 9.36 Å². The summed E-state index contributed by atoms with van der Waals surface area (Å²) in [6.07, 6.45) is 5.45. The second-order valence-electron chi connectivity index (χ2n) is 8.64. The molecule has 2 aromatic rings. The lowest BCUT2D eigenvalue weighted by molar-refractivity contribution is -0.0400. The highest BCUT2D eigenvalue weighted by Crippen LogP contribution is 2.41. The van der Waals surface area contributed by atoms with Crippen molar-refractivity contribution < 1.29 is 14.9 Å². The Labute approximate surface area is 181 Å². The summed E-state index contributed by atoms with van der Waals surface area (Å²) < 4.78 is 7.82. The van der Waals surface area contributed by atoms with E-state index in [1.807, 2.05) is 0 Å². The zero-order valence-electron chi connectivity index (χ0n) is 18.2. The molecule has 0 saturated carbocycles. The van der Waals surface area contributed by atoms with Gasteiger partial charge in [0.25, 0.3) is 5.56 Å². The molecular formula is C20H33N4O4PS. The summed E-state index contributed by atoms with van der Waals surface area (Å²) in [5.74, 6) is 1.30. The van der Waals surface area contributed by atoms with E-state index in [1.54, 1.807) is 11.5 Å². The Morgan fingerprint density at radius 2 is 2.00 bits per heavy atom. The lowest BCUT2D eigenvalue weighted by Crippen LogP contribution is -2.32. The van der Waals surface area contributed by atoms with Crippen LogP contribution in [0.1, 0.15) is 44.7 Å². The lowest BCUT2D eigenvalue weighted by atomic mass is 10.1. The molecule has 1 aliphatic rings. The van der Waals surface area contributed by atoms with Gasteiger partial charge in [-0.05, 0) is 39.3 Å². The van der Waals surface area contributed by atoms with E-state index in [2.05, 4.69) is 41.5 Å². The summed E-state index contributed by atoms with van der Waals surface area (Å²) in [5, 5.41) is 22.0. The number of aryl methyl sites for hydroxylation is 1. The van der Waals surface area contributed by atoms with Crippen molar-refractivity contribution in [3.05, 3.63) is 16.2 Å². The highest BCUT2D eigenvalue weighted by atomic mass is 32.2. The summed E-state index contributed by atoms with van der Waals surface area (Å²) in [6, 6.07) is 0. The molecule has 0 aromatic carbocycles. The maximum Gasteiger partial charge on any atom is 0.279 e. The average Bonchev–Trinajstić information content (AvgIpc) is 3.15. The molecule has 0 amide bonds. The molecule has 1 aliphatic heterocycles. The van der Waals surface area contributed by atoms with Crippen molar-refractivity contribution in [1.82, 2.24) is 19.5 Å². The Morgan fingerprint density at radius 1 is 1.27 bits per heavy atom. The number of aliphatic hydroxyl groups excluding tert-OH is 2. The van der Waals surface area contributed by atoms with Crippen molar-refractivity contribution in [2.75, 3.05) is 25.2 Å². The molecule has 0 spiro atoms. The number of ether oxygens (including phenoxy) is 1. The molecule has 30 heavy (non-hydrogen) atoms. The van der Waals surface area contributed by atoms with Crippen molar-refractivity contribution in [3.8, 4) is 0 Å². The van der Waals surface area contributed by atoms with Gasteiger partial charge in [-0.25, -0.2) is 9.97 Å². The Balaban J connectivity index is 1.96. The lowest BCUT2D eigenvalue weighted by Gasteiger charge is -2.20. The van der Waals surface area contributed by atoms with Crippen LogP contribution in [-0.2, 0) is 4.74 Å². The fourth-order valence-corrected chi connectivity index (χ4v) is 5.55. The monoisotopic (exact) mass is 456 g/mol. The quantitative estimate of drug-likeness (QED) is 0.302. The first-order valence-electron chi connectivity index (χ1n) is 10.4. The molecule has 2 aromatic heterocycles. The number of fused-ring (bicyclic) bond motifs is 1. The molecule has 3 heterocycles. The van der Waals surface area contributed by atoms with Gasteiger partial charge in [0, 0.05) is 5.75 Å². The highest BCUT2D eigenvalue weighted by molar-refractivity contribution is 7.99. The molecule has 8 nitrogen and oxygen atoms in total. The van der Waals surface area contributed by atoms with Crippen LogP contribution in [0.3, 0.4) is 0 Å². The zero-order valence-corrected chi connectivity index (χ0v) is 19.9. The Bertz CT molecular complexity index is 985. The predicted octanol–water partition coefficient (Wildman–Crippen LogP) is 2.43. The molecule has 1 saturated heterocycles. The van der Waals surface area contributed by atoms with Crippen LogP contribution >= 0.6 is 18.6 Å². The summed E-state index contributed by atoms with van der Waals surface area (Å²) in [4.78, 5) is 24.1. The second-order valence-corrected chi connectivity index (χ2v) is 14.0. The average molecular weight is 457 g/mol. The van der Waals surface area contributed by atoms with Crippen LogP contribution in [0.15, 0.2) is 9.95 Å². The number of thioether (sulfide) groups is 1. The number of imidazole rings is 1. The Hall–Kier alpha value is -1.12. The number of H-pyrrole nitrogens is 1. The maximum atomic E-state index is 12.4. The van der Waals surface area contributed by atoms with Crippen LogP contribution in [0.5, 0.6) is 0 Å². The largest absolute Gasteiger partial charge is 0.388 e. The number of unbranched alkanes of at least 4 members (excludes halogenated alkanes) is 2. The molecule has 10 heteroatoms. The number of aliphatic hydroxyl groups is 2. The number of aromatic amines is 1. The number of hydrogen-bond donors (Lipinski definition) is 3. The van der Waals surface area contributed by atoms with Crippen molar-refractivity contribution >= 4 is 36.1 Å². The van der Waals surface area contributed by atoms with E-state index in [4.69, 9.17) is 4.74 Å². The second kappa shape index (κ2) is 9.57. The first kappa shape index (κ1) is 23.5. The third kappa shape index (κ3) is 5.19. The molecule has 3 N–H and O–H groups in total. The first-order valence-corrected chi connectivity index (χ1v) is 14.5. The SMILES string of the molecule is C=P(C)(C)CC[C@H]1OC(n2c(SCCCCC)nc3c(=O)[nH]c(C)nc32)[C@H](O)[C@@H]1O. The first-order chi connectivity index (χ1) is 14.1. The fourth-order valence-electron chi connectivity index (χ4n) is 3.58. The van der Waals surface area contributed by atoms with Gasteiger partial charge in [0.15, 0.2) is 22.5 Å². The van der Waals surface area contributed by atoms with Crippen LogP contribution < -0.4 is 5.56 Å². The molecule has 3 rings (SSSR count).